The van der Waals surface area contributed by atoms with Crippen molar-refractivity contribution < 1.29 is 9.53 Å². The third kappa shape index (κ3) is 3.15. The summed E-state index contributed by atoms with van der Waals surface area (Å²) < 4.78 is 6.80. The third-order valence-corrected chi connectivity index (χ3v) is 4.36. The molecule has 0 radical (unpaired) electrons. The van der Waals surface area contributed by atoms with E-state index in [0.717, 1.165) is 55.4 Å². The molecule has 1 fully saturated rings. The normalized spacial score (nSPS) is 20.1. The van der Waals surface area contributed by atoms with Crippen LogP contribution in [-0.4, -0.2) is 40.8 Å². The summed E-state index contributed by atoms with van der Waals surface area (Å²) >= 11 is 6.34. The Morgan fingerprint density at radius 1 is 1.55 bits per heavy atom. The van der Waals surface area contributed by atoms with Gasteiger partial charge in [0.25, 0.3) is 0 Å². The predicted octanol–water partition coefficient (Wildman–Crippen LogP) is 2.25. The molecule has 0 spiro atoms. The minimum absolute atomic E-state index is 0.0216. The van der Waals surface area contributed by atoms with Crippen molar-refractivity contribution in [2.24, 2.45) is 5.92 Å². The molecule has 1 aliphatic heterocycles. The summed E-state index contributed by atoms with van der Waals surface area (Å²) in [6.45, 7) is 7.23. The smallest absolute Gasteiger partial charge is 0.309 e. The van der Waals surface area contributed by atoms with E-state index < -0.39 is 0 Å². The number of esters is 1. The Bertz CT molecular complexity index is 487. The van der Waals surface area contributed by atoms with Crippen molar-refractivity contribution in [3.8, 4) is 0 Å². The molecule has 1 aliphatic rings. The first-order chi connectivity index (χ1) is 9.56. The Balaban J connectivity index is 2.08. The number of hydrogen-bond donors (Lipinski definition) is 0. The van der Waals surface area contributed by atoms with Crippen molar-refractivity contribution >= 4 is 17.6 Å². The van der Waals surface area contributed by atoms with Crippen LogP contribution in [0.15, 0.2) is 0 Å². The average Bonchev–Trinajstić information content (AvgIpc) is 2.74. The maximum atomic E-state index is 11.7. The van der Waals surface area contributed by atoms with Crippen molar-refractivity contribution in [3.05, 3.63) is 16.4 Å². The van der Waals surface area contributed by atoms with E-state index in [2.05, 4.69) is 16.9 Å². The number of rotatable bonds is 4. The number of carbonyl (C=O) groups excluding carboxylic acids is 1. The van der Waals surface area contributed by atoms with E-state index in [4.69, 9.17) is 16.3 Å². The van der Waals surface area contributed by atoms with Gasteiger partial charge in [0.05, 0.1) is 29.4 Å². The van der Waals surface area contributed by atoms with Crippen LogP contribution >= 0.6 is 11.6 Å². The van der Waals surface area contributed by atoms with E-state index in [-0.39, 0.29) is 11.9 Å². The minimum atomic E-state index is -0.110. The lowest BCUT2D eigenvalue weighted by molar-refractivity contribution is -0.147. The quantitative estimate of drug-likeness (QED) is 0.800. The van der Waals surface area contributed by atoms with E-state index in [9.17, 15) is 4.79 Å². The first-order valence-corrected chi connectivity index (χ1v) is 7.46. The van der Waals surface area contributed by atoms with Crippen molar-refractivity contribution in [2.45, 2.75) is 39.8 Å². The van der Waals surface area contributed by atoms with Gasteiger partial charge in [-0.2, -0.15) is 5.10 Å². The molecule has 2 heterocycles. The molecule has 1 saturated heterocycles. The second-order valence-corrected chi connectivity index (χ2v) is 5.64. The summed E-state index contributed by atoms with van der Waals surface area (Å²) in [7, 11) is 1.45. The zero-order valence-electron chi connectivity index (χ0n) is 12.4. The van der Waals surface area contributed by atoms with Crippen molar-refractivity contribution in [3.63, 3.8) is 0 Å². The fourth-order valence-corrected chi connectivity index (χ4v) is 2.99. The second-order valence-electron chi connectivity index (χ2n) is 5.26. The number of hydrogen-bond acceptors (Lipinski definition) is 4. The SMILES string of the molecule is CCn1nc(C)c(Cl)c1CN1CCCC(C(=O)OC)C1. The Kier molecular flexibility index (Phi) is 5.05. The molecule has 5 nitrogen and oxygen atoms in total. The van der Waals surface area contributed by atoms with Crippen LogP contribution in [0.3, 0.4) is 0 Å². The minimum Gasteiger partial charge on any atom is -0.469 e. The number of carbonyl (C=O) groups is 1. The van der Waals surface area contributed by atoms with Gasteiger partial charge in [0.2, 0.25) is 0 Å². The Hall–Kier alpha value is -1.07. The third-order valence-electron chi connectivity index (χ3n) is 3.87. The molecular weight excluding hydrogens is 278 g/mol. The van der Waals surface area contributed by atoms with Gasteiger partial charge in [0.1, 0.15) is 0 Å². The molecule has 1 atom stereocenters. The lowest BCUT2D eigenvalue weighted by Crippen LogP contribution is -2.39. The lowest BCUT2D eigenvalue weighted by Gasteiger charge is -2.31. The zero-order valence-corrected chi connectivity index (χ0v) is 13.1. The number of likely N-dealkylation sites (tertiary alicyclic amines) is 1. The Labute approximate surface area is 124 Å². The average molecular weight is 300 g/mol. The molecular formula is C14H22ClN3O2. The van der Waals surface area contributed by atoms with Gasteiger partial charge in [-0.05, 0) is 33.2 Å². The summed E-state index contributed by atoms with van der Waals surface area (Å²) in [5, 5.41) is 5.17. The van der Waals surface area contributed by atoms with Crippen LogP contribution in [0, 0.1) is 12.8 Å². The van der Waals surface area contributed by atoms with E-state index in [1.165, 1.54) is 7.11 Å². The Morgan fingerprint density at radius 2 is 2.30 bits per heavy atom. The summed E-state index contributed by atoms with van der Waals surface area (Å²) in [4.78, 5) is 13.9. The van der Waals surface area contributed by atoms with E-state index in [1.807, 2.05) is 11.6 Å². The summed E-state index contributed by atoms with van der Waals surface area (Å²) in [5.41, 5.74) is 1.90. The van der Waals surface area contributed by atoms with Crippen LogP contribution in [0.2, 0.25) is 5.02 Å². The fraction of sp³-hybridized carbons (Fsp3) is 0.714. The molecule has 1 aromatic rings. The predicted molar refractivity (Wildman–Crippen MR) is 77.7 cm³/mol. The molecule has 6 heteroatoms. The molecule has 0 aromatic carbocycles. The van der Waals surface area contributed by atoms with Crippen LogP contribution in [0.4, 0.5) is 0 Å². The van der Waals surface area contributed by atoms with Gasteiger partial charge in [0.15, 0.2) is 0 Å². The molecule has 20 heavy (non-hydrogen) atoms. The number of halogens is 1. The Morgan fingerprint density at radius 3 is 2.95 bits per heavy atom. The second kappa shape index (κ2) is 6.59. The molecule has 112 valence electrons. The molecule has 1 aromatic heterocycles. The molecule has 0 saturated carbocycles. The number of aromatic nitrogens is 2. The first kappa shape index (κ1) is 15.3. The highest BCUT2D eigenvalue weighted by Gasteiger charge is 2.27. The summed E-state index contributed by atoms with van der Waals surface area (Å²) in [6, 6.07) is 0. The molecule has 0 bridgehead atoms. The topological polar surface area (TPSA) is 47.4 Å². The molecule has 0 amide bonds. The molecule has 0 aliphatic carbocycles. The van der Waals surface area contributed by atoms with Crippen LogP contribution in [0.25, 0.3) is 0 Å². The van der Waals surface area contributed by atoms with Crippen molar-refractivity contribution in [1.29, 1.82) is 0 Å². The number of methoxy groups -OCH3 is 1. The van der Waals surface area contributed by atoms with Crippen molar-refractivity contribution in [1.82, 2.24) is 14.7 Å². The highest BCUT2D eigenvalue weighted by Crippen LogP contribution is 2.25. The van der Waals surface area contributed by atoms with Gasteiger partial charge in [-0.15, -0.1) is 0 Å². The van der Waals surface area contributed by atoms with Crippen LogP contribution in [0.1, 0.15) is 31.2 Å². The zero-order chi connectivity index (χ0) is 14.7. The van der Waals surface area contributed by atoms with Gasteiger partial charge in [0, 0.05) is 19.6 Å². The highest BCUT2D eigenvalue weighted by atomic mass is 35.5. The van der Waals surface area contributed by atoms with E-state index in [0.29, 0.717) is 0 Å². The number of aryl methyl sites for hydroxylation is 2. The summed E-state index contributed by atoms with van der Waals surface area (Å²) in [6.07, 6.45) is 1.92. The highest BCUT2D eigenvalue weighted by molar-refractivity contribution is 6.31. The molecule has 0 N–H and O–H groups in total. The monoisotopic (exact) mass is 299 g/mol. The van der Waals surface area contributed by atoms with E-state index in [1.54, 1.807) is 0 Å². The van der Waals surface area contributed by atoms with Crippen LogP contribution in [0.5, 0.6) is 0 Å². The largest absolute Gasteiger partial charge is 0.469 e. The van der Waals surface area contributed by atoms with Gasteiger partial charge in [-0.25, -0.2) is 0 Å². The number of piperidine rings is 1. The summed E-state index contributed by atoms with van der Waals surface area (Å²) in [5.74, 6) is -0.132. The lowest BCUT2D eigenvalue weighted by atomic mass is 9.98. The van der Waals surface area contributed by atoms with Crippen LogP contribution in [-0.2, 0) is 22.6 Å². The molecule has 1 unspecified atom stereocenters. The number of ether oxygens (including phenoxy) is 1. The first-order valence-electron chi connectivity index (χ1n) is 7.08. The fourth-order valence-electron chi connectivity index (χ4n) is 2.79. The maximum Gasteiger partial charge on any atom is 0.309 e. The van der Waals surface area contributed by atoms with Gasteiger partial charge >= 0.3 is 5.97 Å². The van der Waals surface area contributed by atoms with Crippen molar-refractivity contribution in [2.75, 3.05) is 20.2 Å². The van der Waals surface area contributed by atoms with Gasteiger partial charge in [-0.1, -0.05) is 11.6 Å². The van der Waals surface area contributed by atoms with Gasteiger partial charge < -0.3 is 4.74 Å². The standard InChI is InChI=1S/C14H22ClN3O2/c1-4-18-12(13(15)10(2)16-18)9-17-7-5-6-11(8-17)14(19)20-3/h11H,4-9H2,1-3H3. The maximum absolute atomic E-state index is 11.7. The number of nitrogens with zero attached hydrogens (tertiary/aromatic N) is 3. The van der Waals surface area contributed by atoms with Gasteiger partial charge in [-0.3, -0.25) is 14.4 Å². The molecule has 2 rings (SSSR count). The van der Waals surface area contributed by atoms with Crippen LogP contribution < -0.4 is 0 Å². The van der Waals surface area contributed by atoms with E-state index >= 15 is 0 Å².